The van der Waals surface area contributed by atoms with Crippen LogP contribution in [0.15, 0.2) is 24.3 Å². The summed E-state index contributed by atoms with van der Waals surface area (Å²) in [6.07, 6.45) is 3.94. The Hall–Kier alpha value is -1.55. The number of hydrogen-bond acceptors (Lipinski definition) is 3. The second kappa shape index (κ2) is 6.57. The first kappa shape index (κ1) is 13.9. The molecular formula is C15H22N2O2. The van der Waals surface area contributed by atoms with E-state index >= 15 is 0 Å². The van der Waals surface area contributed by atoms with Crippen LogP contribution in [0.25, 0.3) is 0 Å². The van der Waals surface area contributed by atoms with Crippen molar-refractivity contribution in [3.63, 3.8) is 0 Å². The molecule has 0 radical (unpaired) electrons. The molecule has 2 rings (SSSR count). The zero-order valence-corrected chi connectivity index (χ0v) is 11.4. The van der Waals surface area contributed by atoms with Crippen LogP contribution in [-0.2, 0) is 11.3 Å². The molecule has 4 nitrogen and oxygen atoms in total. The number of rotatable bonds is 3. The van der Waals surface area contributed by atoms with Crippen molar-refractivity contribution in [1.29, 1.82) is 0 Å². The number of ether oxygens (including phenoxy) is 1. The lowest BCUT2D eigenvalue weighted by molar-refractivity contribution is 0.0765. The van der Waals surface area contributed by atoms with Gasteiger partial charge in [-0.1, -0.05) is 19.1 Å². The van der Waals surface area contributed by atoms with E-state index in [1.165, 1.54) is 0 Å². The summed E-state index contributed by atoms with van der Waals surface area (Å²) < 4.78 is 5.43. The Morgan fingerprint density at radius 2 is 1.89 bits per heavy atom. The zero-order chi connectivity index (χ0) is 13.7. The Labute approximate surface area is 114 Å². The van der Waals surface area contributed by atoms with Crippen LogP contribution in [0.5, 0.6) is 0 Å². The molecule has 1 fully saturated rings. The van der Waals surface area contributed by atoms with E-state index in [0.717, 1.165) is 42.9 Å². The summed E-state index contributed by atoms with van der Waals surface area (Å²) in [7, 11) is 0. The average Bonchev–Trinajstić information content (AvgIpc) is 2.42. The number of nitrogens with two attached hydrogens (primary N) is 1. The van der Waals surface area contributed by atoms with Crippen molar-refractivity contribution in [3.8, 4) is 0 Å². The molecule has 0 saturated heterocycles. The second-order valence-corrected chi connectivity index (χ2v) is 5.31. The van der Waals surface area contributed by atoms with E-state index in [1.807, 2.05) is 24.3 Å². The van der Waals surface area contributed by atoms with Gasteiger partial charge in [0.1, 0.15) is 6.10 Å². The average molecular weight is 262 g/mol. The molecule has 1 aromatic rings. The van der Waals surface area contributed by atoms with E-state index in [4.69, 9.17) is 10.5 Å². The molecule has 4 heteroatoms. The SMILES string of the molecule is CC1CCC(OC(=O)Nc2ccc(CN)cc2)CC1. The van der Waals surface area contributed by atoms with Gasteiger partial charge in [-0.15, -0.1) is 0 Å². The predicted molar refractivity (Wildman–Crippen MR) is 75.9 cm³/mol. The van der Waals surface area contributed by atoms with E-state index in [-0.39, 0.29) is 12.2 Å². The number of nitrogens with one attached hydrogen (secondary N) is 1. The Balaban J connectivity index is 1.80. The first-order valence-electron chi connectivity index (χ1n) is 6.94. The molecule has 0 bridgehead atoms. The van der Waals surface area contributed by atoms with Crippen molar-refractivity contribution in [1.82, 2.24) is 0 Å². The van der Waals surface area contributed by atoms with Gasteiger partial charge in [0.25, 0.3) is 0 Å². The Morgan fingerprint density at radius 3 is 2.47 bits per heavy atom. The predicted octanol–water partition coefficient (Wildman–Crippen LogP) is 3.27. The van der Waals surface area contributed by atoms with Gasteiger partial charge in [-0.3, -0.25) is 5.32 Å². The summed E-state index contributed by atoms with van der Waals surface area (Å²) in [4.78, 5) is 11.8. The minimum absolute atomic E-state index is 0.0690. The topological polar surface area (TPSA) is 64.3 Å². The number of hydrogen-bond donors (Lipinski definition) is 2. The Bertz CT molecular complexity index is 409. The maximum Gasteiger partial charge on any atom is 0.411 e. The summed E-state index contributed by atoms with van der Waals surface area (Å²) >= 11 is 0. The summed E-state index contributed by atoms with van der Waals surface area (Å²) in [5, 5.41) is 2.75. The van der Waals surface area contributed by atoms with Gasteiger partial charge in [-0.25, -0.2) is 4.79 Å². The quantitative estimate of drug-likeness (QED) is 0.878. The molecule has 0 heterocycles. The fourth-order valence-corrected chi connectivity index (χ4v) is 2.37. The fraction of sp³-hybridized carbons (Fsp3) is 0.533. The van der Waals surface area contributed by atoms with Crippen molar-refractivity contribution in [2.45, 2.75) is 45.3 Å². The van der Waals surface area contributed by atoms with Crippen LogP contribution in [0.1, 0.15) is 38.2 Å². The van der Waals surface area contributed by atoms with E-state index in [2.05, 4.69) is 12.2 Å². The van der Waals surface area contributed by atoms with Crippen LogP contribution in [0.2, 0.25) is 0 Å². The molecule has 104 valence electrons. The molecule has 0 aliphatic heterocycles. The molecule has 1 amide bonds. The van der Waals surface area contributed by atoms with Gasteiger partial charge < -0.3 is 10.5 Å². The lowest BCUT2D eigenvalue weighted by Gasteiger charge is -2.25. The number of carbonyl (C=O) groups excluding carboxylic acids is 1. The molecule has 1 saturated carbocycles. The third-order valence-electron chi connectivity index (χ3n) is 3.67. The molecule has 1 aliphatic rings. The monoisotopic (exact) mass is 262 g/mol. The number of carbonyl (C=O) groups is 1. The summed E-state index contributed by atoms with van der Waals surface area (Å²) in [6.45, 7) is 2.75. The van der Waals surface area contributed by atoms with Gasteiger partial charge in [0.15, 0.2) is 0 Å². The third kappa shape index (κ3) is 4.24. The lowest BCUT2D eigenvalue weighted by Crippen LogP contribution is -2.26. The standard InChI is InChI=1S/C15H22N2O2/c1-11-2-8-14(9-3-11)19-15(18)17-13-6-4-12(10-16)5-7-13/h4-7,11,14H,2-3,8-10,16H2,1H3,(H,17,18). The van der Waals surface area contributed by atoms with E-state index in [9.17, 15) is 4.79 Å². The molecular weight excluding hydrogens is 240 g/mol. The molecule has 3 N–H and O–H groups in total. The van der Waals surface area contributed by atoms with Gasteiger partial charge in [-0.05, 0) is 49.3 Å². The minimum Gasteiger partial charge on any atom is -0.446 e. The van der Waals surface area contributed by atoms with Crippen molar-refractivity contribution >= 4 is 11.8 Å². The molecule has 1 aliphatic carbocycles. The third-order valence-corrected chi connectivity index (χ3v) is 3.67. The van der Waals surface area contributed by atoms with Crippen molar-refractivity contribution < 1.29 is 9.53 Å². The van der Waals surface area contributed by atoms with Gasteiger partial charge in [0.2, 0.25) is 0 Å². The molecule has 0 aromatic heterocycles. The van der Waals surface area contributed by atoms with E-state index in [1.54, 1.807) is 0 Å². The number of amides is 1. The smallest absolute Gasteiger partial charge is 0.411 e. The first-order chi connectivity index (χ1) is 9.17. The summed E-state index contributed by atoms with van der Waals surface area (Å²) in [5.41, 5.74) is 7.31. The van der Waals surface area contributed by atoms with Crippen LogP contribution in [0, 0.1) is 5.92 Å². The van der Waals surface area contributed by atoms with Crippen LogP contribution in [0.3, 0.4) is 0 Å². The van der Waals surface area contributed by atoms with Crippen LogP contribution in [0.4, 0.5) is 10.5 Å². The lowest BCUT2D eigenvalue weighted by atomic mass is 9.89. The van der Waals surface area contributed by atoms with Gasteiger partial charge in [-0.2, -0.15) is 0 Å². The maximum absolute atomic E-state index is 11.8. The summed E-state index contributed by atoms with van der Waals surface area (Å²) in [5.74, 6) is 0.756. The second-order valence-electron chi connectivity index (χ2n) is 5.31. The van der Waals surface area contributed by atoms with Crippen molar-refractivity contribution in [2.24, 2.45) is 11.7 Å². The van der Waals surface area contributed by atoms with Gasteiger partial charge in [0, 0.05) is 12.2 Å². The van der Waals surface area contributed by atoms with Crippen LogP contribution in [-0.4, -0.2) is 12.2 Å². The number of anilines is 1. The fourth-order valence-electron chi connectivity index (χ4n) is 2.37. The van der Waals surface area contributed by atoms with E-state index < -0.39 is 0 Å². The number of benzene rings is 1. The Kier molecular flexibility index (Phi) is 4.80. The van der Waals surface area contributed by atoms with Crippen molar-refractivity contribution in [3.05, 3.63) is 29.8 Å². The maximum atomic E-state index is 11.8. The zero-order valence-electron chi connectivity index (χ0n) is 11.4. The molecule has 19 heavy (non-hydrogen) atoms. The highest BCUT2D eigenvalue weighted by atomic mass is 16.6. The highest BCUT2D eigenvalue weighted by Crippen LogP contribution is 2.25. The molecule has 0 unspecified atom stereocenters. The van der Waals surface area contributed by atoms with E-state index in [0.29, 0.717) is 6.54 Å². The molecule has 1 aromatic carbocycles. The largest absolute Gasteiger partial charge is 0.446 e. The van der Waals surface area contributed by atoms with Gasteiger partial charge in [0.05, 0.1) is 0 Å². The highest BCUT2D eigenvalue weighted by Gasteiger charge is 2.21. The highest BCUT2D eigenvalue weighted by molar-refractivity contribution is 5.84. The molecule has 0 spiro atoms. The van der Waals surface area contributed by atoms with Gasteiger partial charge >= 0.3 is 6.09 Å². The Morgan fingerprint density at radius 1 is 1.26 bits per heavy atom. The first-order valence-corrected chi connectivity index (χ1v) is 6.94. The molecule has 0 atom stereocenters. The van der Waals surface area contributed by atoms with Crippen LogP contribution >= 0.6 is 0 Å². The van der Waals surface area contributed by atoms with Crippen LogP contribution < -0.4 is 11.1 Å². The van der Waals surface area contributed by atoms with Crippen molar-refractivity contribution in [2.75, 3.05) is 5.32 Å². The minimum atomic E-state index is -0.361. The normalized spacial score (nSPS) is 22.8. The summed E-state index contributed by atoms with van der Waals surface area (Å²) in [6, 6.07) is 7.48.